The standard InChI is InChI=1S/C15H29NO4/c1-10(2)7-13(14(17)19-8-11(3)4)16-15(18)20-9-12(5)6/h10-13H,7-9H2,1-6H3,(H,16,18). The molecule has 1 N–H and O–H groups in total. The van der Waals surface area contributed by atoms with Gasteiger partial charge in [-0.15, -0.1) is 0 Å². The Labute approximate surface area is 122 Å². The molecule has 0 aliphatic carbocycles. The fourth-order valence-electron chi connectivity index (χ4n) is 1.46. The zero-order valence-electron chi connectivity index (χ0n) is 13.6. The molecule has 0 aliphatic rings. The predicted molar refractivity (Wildman–Crippen MR) is 78.4 cm³/mol. The van der Waals surface area contributed by atoms with Gasteiger partial charge in [0.05, 0.1) is 13.2 Å². The van der Waals surface area contributed by atoms with Crippen LogP contribution in [-0.2, 0) is 14.3 Å². The Bertz CT molecular complexity index is 300. The molecule has 0 spiro atoms. The number of amides is 1. The van der Waals surface area contributed by atoms with Crippen LogP contribution in [0.25, 0.3) is 0 Å². The highest BCUT2D eigenvalue weighted by Gasteiger charge is 2.24. The van der Waals surface area contributed by atoms with Gasteiger partial charge in [0, 0.05) is 0 Å². The first-order valence-electron chi connectivity index (χ1n) is 7.32. The average Bonchev–Trinajstić information content (AvgIpc) is 2.32. The maximum Gasteiger partial charge on any atom is 0.407 e. The Morgan fingerprint density at radius 3 is 1.80 bits per heavy atom. The highest BCUT2D eigenvalue weighted by Crippen LogP contribution is 2.08. The second kappa shape index (κ2) is 9.61. The van der Waals surface area contributed by atoms with Crippen molar-refractivity contribution in [1.29, 1.82) is 0 Å². The van der Waals surface area contributed by atoms with E-state index in [0.29, 0.717) is 19.6 Å². The van der Waals surface area contributed by atoms with Crippen molar-refractivity contribution in [3.8, 4) is 0 Å². The van der Waals surface area contributed by atoms with Gasteiger partial charge in [-0.1, -0.05) is 41.5 Å². The number of carbonyl (C=O) groups excluding carboxylic acids is 2. The summed E-state index contributed by atoms with van der Waals surface area (Å²) in [6.45, 7) is 12.5. The molecule has 0 bridgehead atoms. The average molecular weight is 287 g/mol. The van der Waals surface area contributed by atoms with Crippen LogP contribution < -0.4 is 5.32 Å². The molecule has 118 valence electrons. The number of carbonyl (C=O) groups is 2. The highest BCUT2D eigenvalue weighted by atomic mass is 16.6. The number of alkyl carbamates (subject to hydrolysis) is 1. The lowest BCUT2D eigenvalue weighted by molar-refractivity contribution is -0.147. The zero-order chi connectivity index (χ0) is 15.7. The third-order valence-corrected chi connectivity index (χ3v) is 2.39. The molecule has 0 aliphatic heterocycles. The van der Waals surface area contributed by atoms with Crippen LogP contribution in [0.5, 0.6) is 0 Å². The van der Waals surface area contributed by atoms with E-state index in [-0.39, 0.29) is 17.8 Å². The van der Waals surface area contributed by atoms with Gasteiger partial charge < -0.3 is 14.8 Å². The van der Waals surface area contributed by atoms with E-state index in [0.717, 1.165) is 0 Å². The molecule has 20 heavy (non-hydrogen) atoms. The molecule has 0 saturated heterocycles. The Morgan fingerprint density at radius 1 is 0.850 bits per heavy atom. The molecule has 0 fully saturated rings. The molecule has 0 aromatic heterocycles. The summed E-state index contributed by atoms with van der Waals surface area (Å²) in [5, 5.41) is 2.59. The normalized spacial score (nSPS) is 12.7. The quantitative estimate of drug-likeness (QED) is 0.697. The van der Waals surface area contributed by atoms with Crippen LogP contribution >= 0.6 is 0 Å². The zero-order valence-corrected chi connectivity index (χ0v) is 13.6. The van der Waals surface area contributed by atoms with Gasteiger partial charge >= 0.3 is 12.1 Å². The highest BCUT2D eigenvalue weighted by molar-refractivity contribution is 5.81. The smallest absolute Gasteiger partial charge is 0.407 e. The Hall–Kier alpha value is -1.26. The minimum atomic E-state index is -0.645. The van der Waals surface area contributed by atoms with E-state index in [1.807, 2.05) is 41.5 Å². The van der Waals surface area contributed by atoms with Crippen molar-refractivity contribution in [3.63, 3.8) is 0 Å². The lowest BCUT2D eigenvalue weighted by Crippen LogP contribution is -2.43. The molecular weight excluding hydrogens is 258 g/mol. The van der Waals surface area contributed by atoms with Crippen LogP contribution in [0.15, 0.2) is 0 Å². The molecule has 1 amide bonds. The number of hydrogen-bond acceptors (Lipinski definition) is 4. The Morgan fingerprint density at radius 2 is 1.35 bits per heavy atom. The van der Waals surface area contributed by atoms with E-state index >= 15 is 0 Å². The topological polar surface area (TPSA) is 64.6 Å². The van der Waals surface area contributed by atoms with Crippen LogP contribution in [-0.4, -0.2) is 31.3 Å². The number of nitrogens with one attached hydrogen (secondary N) is 1. The summed E-state index contributed by atoms with van der Waals surface area (Å²) < 4.78 is 10.2. The van der Waals surface area contributed by atoms with Crippen molar-refractivity contribution in [2.45, 2.75) is 54.0 Å². The third-order valence-electron chi connectivity index (χ3n) is 2.39. The van der Waals surface area contributed by atoms with Crippen LogP contribution in [0.4, 0.5) is 4.79 Å². The first-order valence-corrected chi connectivity index (χ1v) is 7.32. The molecule has 1 atom stereocenters. The van der Waals surface area contributed by atoms with Crippen molar-refractivity contribution in [2.75, 3.05) is 13.2 Å². The molecule has 5 nitrogen and oxygen atoms in total. The molecule has 0 rings (SSSR count). The fourth-order valence-corrected chi connectivity index (χ4v) is 1.46. The molecule has 0 aromatic rings. The van der Waals surface area contributed by atoms with Crippen molar-refractivity contribution in [1.82, 2.24) is 5.32 Å². The van der Waals surface area contributed by atoms with Crippen LogP contribution in [0, 0.1) is 17.8 Å². The Balaban J connectivity index is 4.39. The van der Waals surface area contributed by atoms with E-state index in [2.05, 4.69) is 5.32 Å². The van der Waals surface area contributed by atoms with Gasteiger partial charge in [0.15, 0.2) is 0 Å². The largest absolute Gasteiger partial charge is 0.464 e. The van der Waals surface area contributed by atoms with Crippen LogP contribution in [0.3, 0.4) is 0 Å². The summed E-state index contributed by atoms with van der Waals surface area (Å²) in [5.74, 6) is 0.412. The van der Waals surface area contributed by atoms with Gasteiger partial charge in [0.2, 0.25) is 0 Å². The molecule has 0 radical (unpaired) electrons. The molecule has 0 aromatic carbocycles. The van der Waals surface area contributed by atoms with E-state index in [4.69, 9.17) is 9.47 Å². The number of ether oxygens (including phenoxy) is 2. The van der Waals surface area contributed by atoms with Crippen molar-refractivity contribution < 1.29 is 19.1 Å². The maximum absolute atomic E-state index is 12.0. The molecule has 0 saturated carbocycles. The van der Waals surface area contributed by atoms with Crippen molar-refractivity contribution >= 4 is 12.1 Å². The minimum absolute atomic E-state index is 0.261. The van der Waals surface area contributed by atoms with Gasteiger partial charge in [-0.2, -0.15) is 0 Å². The molecule has 1 unspecified atom stereocenters. The SMILES string of the molecule is CC(C)COC(=O)NC(CC(C)C)C(=O)OCC(C)C. The summed E-state index contributed by atoms with van der Waals surface area (Å²) >= 11 is 0. The maximum atomic E-state index is 12.0. The van der Waals surface area contributed by atoms with Gasteiger partial charge in [0.1, 0.15) is 6.04 Å². The molecular formula is C15H29NO4. The number of rotatable bonds is 8. The van der Waals surface area contributed by atoms with E-state index in [9.17, 15) is 9.59 Å². The predicted octanol–water partition coefficient (Wildman–Crippen LogP) is 2.98. The molecule has 0 heterocycles. The summed E-state index contributed by atoms with van der Waals surface area (Å²) in [5.41, 5.74) is 0. The van der Waals surface area contributed by atoms with E-state index < -0.39 is 18.1 Å². The summed E-state index contributed by atoms with van der Waals surface area (Å²) in [6.07, 6.45) is -0.0286. The van der Waals surface area contributed by atoms with E-state index in [1.54, 1.807) is 0 Å². The Kier molecular flexibility index (Phi) is 9.01. The summed E-state index contributed by atoms with van der Waals surface area (Å²) in [6, 6.07) is -0.645. The first-order chi connectivity index (χ1) is 9.22. The van der Waals surface area contributed by atoms with Gasteiger partial charge in [0.25, 0.3) is 0 Å². The monoisotopic (exact) mass is 287 g/mol. The van der Waals surface area contributed by atoms with Gasteiger partial charge in [-0.25, -0.2) is 9.59 Å². The third kappa shape index (κ3) is 9.64. The van der Waals surface area contributed by atoms with Gasteiger partial charge in [-0.05, 0) is 24.2 Å². The lowest BCUT2D eigenvalue weighted by atomic mass is 10.0. The number of hydrogen-bond donors (Lipinski definition) is 1. The van der Waals surface area contributed by atoms with Crippen LogP contribution in [0.2, 0.25) is 0 Å². The van der Waals surface area contributed by atoms with Crippen LogP contribution in [0.1, 0.15) is 48.0 Å². The first kappa shape index (κ1) is 18.7. The second-order valence-electron chi connectivity index (χ2n) is 6.34. The molecule has 5 heteroatoms. The second-order valence-corrected chi connectivity index (χ2v) is 6.34. The fraction of sp³-hybridized carbons (Fsp3) is 0.867. The summed E-state index contributed by atoms with van der Waals surface area (Å²) in [4.78, 5) is 23.6. The summed E-state index contributed by atoms with van der Waals surface area (Å²) in [7, 11) is 0. The van der Waals surface area contributed by atoms with Gasteiger partial charge in [-0.3, -0.25) is 0 Å². The minimum Gasteiger partial charge on any atom is -0.464 e. The van der Waals surface area contributed by atoms with Crippen molar-refractivity contribution in [2.24, 2.45) is 17.8 Å². The number of esters is 1. The van der Waals surface area contributed by atoms with E-state index in [1.165, 1.54) is 0 Å². The lowest BCUT2D eigenvalue weighted by Gasteiger charge is -2.20. The van der Waals surface area contributed by atoms with Crippen molar-refractivity contribution in [3.05, 3.63) is 0 Å².